The molecule has 0 aromatic heterocycles. The van der Waals surface area contributed by atoms with Crippen LogP contribution in [0.3, 0.4) is 0 Å². The van der Waals surface area contributed by atoms with E-state index in [0.717, 1.165) is 38.0 Å². The fourth-order valence-corrected chi connectivity index (χ4v) is 4.02. The number of aryl methyl sites for hydroxylation is 2. The average molecular weight is 328 g/mol. The number of amides is 2. The third kappa shape index (κ3) is 3.05. The van der Waals surface area contributed by atoms with E-state index in [-0.39, 0.29) is 23.8 Å². The summed E-state index contributed by atoms with van der Waals surface area (Å²) in [7, 11) is 0. The molecule has 0 spiro atoms. The van der Waals surface area contributed by atoms with Crippen LogP contribution in [-0.4, -0.2) is 37.6 Å². The molecular formula is C19H24N2O3. The first-order chi connectivity index (χ1) is 11.7. The number of ether oxygens (including phenoxy) is 1. The molecule has 1 aliphatic carbocycles. The fraction of sp³-hybridized carbons (Fsp3) is 0.579. The van der Waals surface area contributed by atoms with Crippen molar-refractivity contribution in [2.75, 3.05) is 24.6 Å². The van der Waals surface area contributed by atoms with Gasteiger partial charge in [-0.05, 0) is 55.4 Å². The second-order valence-electron chi connectivity index (χ2n) is 7.09. The number of anilines is 1. The lowest BCUT2D eigenvalue weighted by atomic mass is 10.1. The number of hydrogen-bond donors (Lipinski definition) is 1. The van der Waals surface area contributed by atoms with Gasteiger partial charge in [-0.2, -0.15) is 0 Å². The smallest absolute Gasteiger partial charge is 0.227 e. The Bertz CT molecular complexity index is 652. The molecule has 24 heavy (non-hydrogen) atoms. The Morgan fingerprint density at radius 2 is 2.12 bits per heavy atom. The maximum atomic E-state index is 12.4. The quantitative estimate of drug-likeness (QED) is 0.917. The number of fused-ring (bicyclic) bond motifs is 1. The molecule has 0 saturated carbocycles. The Morgan fingerprint density at radius 1 is 1.25 bits per heavy atom. The predicted octanol–water partition coefficient (Wildman–Crippen LogP) is 1.82. The lowest BCUT2D eigenvalue weighted by Crippen LogP contribution is -2.37. The summed E-state index contributed by atoms with van der Waals surface area (Å²) in [5, 5.41) is 2.96. The van der Waals surface area contributed by atoms with E-state index in [9.17, 15) is 9.59 Å². The zero-order chi connectivity index (χ0) is 16.5. The zero-order valence-electron chi connectivity index (χ0n) is 13.9. The SMILES string of the molecule is O=C(NC[C@H]1CCCO1)[C@H]1CC(=O)N(c2ccc3c(c2)CCC3)C1. The van der Waals surface area contributed by atoms with Crippen molar-refractivity contribution in [2.24, 2.45) is 5.92 Å². The maximum absolute atomic E-state index is 12.4. The molecule has 0 unspecified atom stereocenters. The van der Waals surface area contributed by atoms with E-state index >= 15 is 0 Å². The lowest BCUT2D eigenvalue weighted by Gasteiger charge is -2.18. The number of nitrogens with zero attached hydrogens (tertiary/aromatic N) is 1. The van der Waals surface area contributed by atoms with Crippen LogP contribution >= 0.6 is 0 Å². The van der Waals surface area contributed by atoms with Crippen LogP contribution in [0.25, 0.3) is 0 Å². The van der Waals surface area contributed by atoms with Crippen LogP contribution in [0.1, 0.15) is 36.8 Å². The number of hydrogen-bond acceptors (Lipinski definition) is 3. The Morgan fingerprint density at radius 3 is 2.96 bits per heavy atom. The number of nitrogens with one attached hydrogen (secondary N) is 1. The maximum Gasteiger partial charge on any atom is 0.227 e. The monoisotopic (exact) mass is 328 g/mol. The molecule has 2 aliphatic heterocycles. The van der Waals surface area contributed by atoms with E-state index in [0.29, 0.717) is 19.5 Å². The van der Waals surface area contributed by atoms with Crippen molar-refractivity contribution in [1.29, 1.82) is 0 Å². The van der Waals surface area contributed by atoms with Gasteiger partial charge in [0.1, 0.15) is 0 Å². The van der Waals surface area contributed by atoms with Gasteiger partial charge in [0.2, 0.25) is 11.8 Å². The van der Waals surface area contributed by atoms with E-state index in [1.165, 1.54) is 17.5 Å². The number of carbonyl (C=O) groups excluding carboxylic acids is 2. The van der Waals surface area contributed by atoms with Gasteiger partial charge >= 0.3 is 0 Å². The van der Waals surface area contributed by atoms with Crippen molar-refractivity contribution < 1.29 is 14.3 Å². The van der Waals surface area contributed by atoms with Crippen LogP contribution in [0.15, 0.2) is 18.2 Å². The average Bonchev–Trinajstić information content (AvgIpc) is 3.32. The van der Waals surface area contributed by atoms with Gasteiger partial charge in [0.25, 0.3) is 0 Å². The molecule has 0 bridgehead atoms. The Balaban J connectivity index is 1.38. The summed E-state index contributed by atoms with van der Waals surface area (Å²) in [6.07, 6.45) is 5.93. The molecule has 1 aromatic rings. The highest BCUT2D eigenvalue weighted by Gasteiger charge is 2.35. The topological polar surface area (TPSA) is 58.6 Å². The zero-order valence-corrected chi connectivity index (χ0v) is 13.9. The summed E-state index contributed by atoms with van der Waals surface area (Å²) in [5.41, 5.74) is 3.69. The first-order valence-corrected chi connectivity index (χ1v) is 9.02. The Hall–Kier alpha value is -1.88. The second kappa shape index (κ2) is 6.55. The van der Waals surface area contributed by atoms with E-state index in [1.54, 1.807) is 4.90 Å². The van der Waals surface area contributed by atoms with Crippen molar-refractivity contribution in [1.82, 2.24) is 5.32 Å². The van der Waals surface area contributed by atoms with Gasteiger partial charge in [0.05, 0.1) is 12.0 Å². The van der Waals surface area contributed by atoms with Crippen molar-refractivity contribution in [3.63, 3.8) is 0 Å². The summed E-state index contributed by atoms with van der Waals surface area (Å²) < 4.78 is 5.53. The summed E-state index contributed by atoms with van der Waals surface area (Å²) in [6, 6.07) is 6.29. The molecule has 5 heteroatoms. The highest BCUT2D eigenvalue weighted by Crippen LogP contribution is 2.30. The van der Waals surface area contributed by atoms with Crippen LogP contribution < -0.4 is 10.2 Å². The molecule has 2 heterocycles. The summed E-state index contributed by atoms with van der Waals surface area (Å²) in [4.78, 5) is 26.5. The van der Waals surface area contributed by atoms with Gasteiger partial charge in [0, 0.05) is 31.8 Å². The standard InChI is InChI=1S/C19H24N2O3/c22-18-10-15(19(23)20-11-17-5-2-8-24-17)12-21(18)16-7-6-13-3-1-4-14(13)9-16/h6-7,9,15,17H,1-5,8,10-12H2,(H,20,23)/t15-,17+/m0/s1. The summed E-state index contributed by atoms with van der Waals surface area (Å²) in [5.74, 6) is -0.236. The molecule has 3 aliphatic rings. The van der Waals surface area contributed by atoms with E-state index < -0.39 is 0 Å². The molecule has 1 N–H and O–H groups in total. The predicted molar refractivity (Wildman–Crippen MR) is 90.9 cm³/mol. The third-order valence-electron chi connectivity index (χ3n) is 5.42. The molecule has 5 nitrogen and oxygen atoms in total. The number of carbonyl (C=O) groups is 2. The second-order valence-corrected chi connectivity index (χ2v) is 7.09. The van der Waals surface area contributed by atoms with E-state index in [4.69, 9.17) is 4.74 Å². The highest BCUT2D eigenvalue weighted by atomic mass is 16.5. The van der Waals surface area contributed by atoms with Crippen LogP contribution in [0, 0.1) is 5.92 Å². The molecule has 2 atom stereocenters. The normalized spacial score (nSPS) is 26.0. The van der Waals surface area contributed by atoms with Crippen LogP contribution in [0.4, 0.5) is 5.69 Å². The van der Waals surface area contributed by atoms with Gasteiger partial charge in [0.15, 0.2) is 0 Å². The molecule has 4 rings (SSSR count). The van der Waals surface area contributed by atoms with Crippen LogP contribution in [-0.2, 0) is 27.2 Å². The Kier molecular flexibility index (Phi) is 4.27. The van der Waals surface area contributed by atoms with Gasteiger partial charge in [-0.1, -0.05) is 6.07 Å². The molecular weight excluding hydrogens is 304 g/mol. The Labute approximate surface area is 142 Å². The van der Waals surface area contributed by atoms with Crippen molar-refractivity contribution >= 4 is 17.5 Å². The molecule has 128 valence electrons. The molecule has 2 saturated heterocycles. The minimum Gasteiger partial charge on any atom is -0.376 e. The highest BCUT2D eigenvalue weighted by molar-refractivity contribution is 6.00. The largest absolute Gasteiger partial charge is 0.376 e. The van der Waals surface area contributed by atoms with Crippen molar-refractivity contribution in [3.05, 3.63) is 29.3 Å². The molecule has 1 aromatic carbocycles. The summed E-state index contributed by atoms with van der Waals surface area (Å²) >= 11 is 0. The first kappa shape index (κ1) is 15.6. The van der Waals surface area contributed by atoms with Crippen LogP contribution in [0.5, 0.6) is 0 Å². The minimum atomic E-state index is -0.257. The van der Waals surface area contributed by atoms with Gasteiger partial charge in [-0.15, -0.1) is 0 Å². The molecule has 2 fully saturated rings. The van der Waals surface area contributed by atoms with Gasteiger partial charge < -0.3 is 15.0 Å². The molecule has 2 amide bonds. The number of benzene rings is 1. The van der Waals surface area contributed by atoms with E-state index in [2.05, 4.69) is 17.4 Å². The third-order valence-corrected chi connectivity index (χ3v) is 5.42. The molecule has 0 radical (unpaired) electrons. The first-order valence-electron chi connectivity index (χ1n) is 9.02. The van der Waals surface area contributed by atoms with Crippen LogP contribution in [0.2, 0.25) is 0 Å². The lowest BCUT2D eigenvalue weighted by molar-refractivity contribution is -0.126. The summed E-state index contributed by atoms with van der Waals surface area (Å²) in [6.45, 7) is 1.83. The fourth-order valence-electron chi connectivity index (χ4n) is 4.02. The van der Waals surface area contributed by atoms with E-state index in [1.807, 2.05) is 6.07 Å². The van der Waals surface area contributed by atoms with Crippen molar-refractivity contribution in [2.45, 2.75) is 44.6 Å². The van der Waals surface area contributed by atoms with Gasteiger partial charge in [-0.3, -0.25) is 9.59 Å². The number of rotatable bonds is 4. The van der Waals surface area contributed by atoms with Crippen molar-refractivity contribution in [3.8, 4) is 0 Å². The van der Waals surface area contributed by atoms with Gasteiger partial charge in [-0.25, -0.2) is 0 Å². The minimum absolute atomic E-state index is 0.0255.